The zero-order valence-electron chi connectivity index (χ0n) is 16.8. The van der Waals surface area contributed by atoms with Gasteiger partial charge in [-0.15, -0.1) is 0 Å². The molecule has 7 nitrogen and oxygen atoms in total. The molecule has 0 bridgehead atoms. The average molecular weight is 641 g/mol. The van der Waals surface area contributed by atoms with Crippen molar-refractivity contribution >= 4 is 74.1 Å². The summed E-state index contributed by atoms with van der Waals surface area (Å²) in [4.78, 5) is 36.7. The summed E-state index contributed by atoms with van der Waals surface area (Å²) in [5.74, 6) is -1.28. The van der Waals surface area contributed by atoms with Crippen molar-refractivity contribution in [3.05, 3.63) is 96.5 Å². The summed E-state index contributed by atoms with van der Waals surface area (Å²) in [6, 6.07) is 18.5. The minimum Gasteiger partial charge on any atom is -0.422 e. The van der Waals surface area contributed by atoms with Crippen molar-refractivity contribution in [1.29, 1.82) is 0 Å². The lowest BCUT2D eigenvalue weighted by Gasteiger charge is -2.09. The van der Waals surface area contributed by atoms with Crippen LogP contribution in [-0.4, -0.2) is 30.5 Å². The van der Waals surface area contributed by atoms with E-state index >= 15 is 0 Å². The van der Waals surface area contributed by atoms with E-state index in [0.29, 0.717) is 11.1 Å². The van der Waals surface area contributed by atoms with E-state index in [0.717, 1.165) is 8.04 Å². The van der Waals surface area contributed by atoms with E-state index in [2.05, 4.69) is 31.8 Å². The van der Waals surface area contributed by atoms with Gasteiger partial charge in [0.15, 0.2) is 0 Å². The second-order valence-corrected chi connectivity index (χ2v) is 8.99. The first kappa shape index (κ1) is 24.9. The minimum atomic E-state index is -0.625. The van der Waals surface area contributed by atoms with Crippen molar-refractivity contribution in [3.8, 4) is 5.75 Å². The first-order valence-electron chi connectivity index (χ1n) is 9.46. The fraction of sp³-hybridized carbons (Fsp3) is 0.0435. The summed E-state index contributed by atoms with van der Waals surface area (Å²) in [5.41, 5.74) is 3.47. The molecule has 0 atom stereocenters. The van der Waals surface area contributed by atoms with Crippen LogP contribution in [0.15, 0.2) is 76.3 Å². The van der Waals surface area contributed by atoms with Gasteiger partial charge in [-0.1, -0.05) is 51.8 Å². The maximum atomic E-state index is 12.5. The minimum absolute atomic E-state index is 0.224. The van der Waals surface area contributed by atoms with Crippen LogP contribution in [0.5, 0.6) is 5.75 Å². The van der Waals surface area contributed by atoms with Crippen molar-refractivity contribution in [2.45, 2.75) is 0 Å². The molecule has 0 aliphatic rings. The number of hydrazone groups is 1. The largest absolute Gasteiger partial charge is 0.422 e. The molecule has 0 aliphatic carbocycles. The molecule has 0 unspecified atom stereocenters. The highest BCUT2D eigenvalue weighted by Crippen LogP contribution is 2.24. The molecule has 0 saturated heterocycles. The van der Waals surface area contributed by atoms with Gasteiger partial charge in [-0.3, -0.25) is 9.59 Å². The number of ether oxygens (including phenoxy) is 1. The lowest BCUT2D eigenvalue weighted by atomic mass is 10.2. The normalized spacial score (nSPS) is 10.6. The predicted octanol–water partition coefficient (Wildman–Crippen LogP) is 4.81. The van der Waals surface area contributed by atoms with Gasteiger partial charge in [-0.2, -0.15) is 5.10 Å². The van der Waals surface area contributed by atoms with Crippen LogP contribution in [-0.2, 0) is 4.79 Å². The van der Waals surface area contributed by atoms with Crippen molar-refractivity contribution in [2.24, 2.45) is 5.10 Å². The number of esters is 1. The van der Waals surface area contributed by atoms with Crippen LogP contribution in [0.1, 0.15) is 26.3 Å². The maximum absolute atomic E-state index is 12.5. The number of carbonyl (C=O) groups excluding carboxylic acids is 3. The monoisotopic (exact) mass is 639 g/mol. The number of carbonyl (C=O) groups is 3. The molecule has 3 aromatic carbocycles. The van der Waals surface area contributed by atoms with Gasteiger partial charge >= 0.3 is 5.97 Å². The van der Waals surface area contributed by atoms with E-state index in [1.54, 1.807) is 60.7 Å². The van der Waals surface area contributed by atoms with Gasteiger partial charge < -0.3 is 10.1 Å². The Hall–Kier alpha value is -2.76. The Morgan fingerprint density at radius 3 is 2.45 bits per heavy atom. The molecule has 2 N–H and O–H groups in total. The van der Waals surface area contributed by atoms with E-state index in [4.69, 9.17) is 16.3 Å². The molecule has 0 heterocycles. The van der Waals surface area contributed by atoms with Crippen LogP contribution in [0.2, 0.25) is 5.02 Å². The SMILES string of the molecule is O=C(CNC(=O)c1ccccc1I)NN=Cc1cc(Br)ccc1OC(=O)c1ccccc1Cl. The van der Waals surface area contributed by atoms with Gasteiger partial charge in [0.25, 0.3) is 11.8 Å². The summed E-state index contributed by atoms with van der Waals surface area (Å²) in [6.07, 6.45) is 1.33. The highest BCUT2D eigenvalue weighted by atomic mass is 127. The van der Waals surface area contributed by atoms with Gasteiger partial charge in [0.05, 0.1) is 28.9 Å². The summed E-state index contributed by atoms with van der Waals surface area (Å²) in [7, 11) is 0. The molecule has 33 heavy (non-hydrogen) atoms. The van der Waals surface area contributed by atoms with Crippen LogP contribution in [0.4, 0.5) is 0 Å². The lowest BCUT2D eigenvalue weighted by Crippen LogP contribution is -2.35. The van der Waals surface area contributed by atoms with Gasteiger partial charge in [-0.25, -0.2) is 10.2 Å². The molecule has 168 valence electrons. The second kappa shape index (κ2) is 11.9. The molecule has 0 radical (unpaired) electrons. The van der Waals surface area contributed by atoms with E-state index in [1.807, 2.05) is 28.7 Å². The molecule has 0 aliphatic heterocycles. The smallest absolute Gasteiger partial charge is 0.345 e. The summed E-state index contributed by atoms with van der Waals surface area (Å²) in [6.45, 7) is -0.256. The van der Waals surface area contributed by atoms with Crippen molar-refractivity contribution < 1.29 is 19.1 Å². The number of amides is 2. The van der Waals surface area contributed by atoms with E-state index in [9.17, 15) is 14.4 Å². The second-order valence-electron chi connectivity index (χ2n) is 6.51. The Morgan fingerprint density at radius 1 is 1.03 bits per heavy atom. The fourth-order valence-corrected chi connectivity index (χ4v) is 3.83. The molecule has 0 spiro atoms. The zero-order valence-corrected chi connectivity index (χ0v) is 21.3. The number of benzene rings is 3. The fourth-order valence-electron chi connectivity index (χ4n) is 2.61. The Labute approximate surface area is 216 Å². The van der Waals surface area contributed by atoms with E-state index < -0.39 is 11.9 Å². The van der Waals surface area contributed by atoms with Crippen LogP contribution < -0.4 is 15.5 Å². The molecule has 3 rings (SSSR count). The highest BCUT2D eigenvalue weighted by molar-refractivity contribution is 14.1. The molecule has 2 amide bonds. The molecule has 0 aromatic heterocycles. The number of halogens is 3. The molecule has 0 saturated carbocycles. The Balaban J connectivity index is 1.61. The number of hydrogen-bond acceptors (Lipinski definition) is 5. The van der Waals surface area contributed by atoms with Crippen molar-refractivity contribution in [3.63, 3.8) is 0 Å². The summed E-state index contributed by atoms with van der Waals surface area (Å²) in [5, 5.41) is 6.71. The quantitative estimate of drug-likeness (QED) is 0.128. The van der Waals surface area contributed by atoms with Gasteiger partial charge in [-0.05, 0) is 65.1 Å². The number of rotatable bonds is 7. The third kappa shape index (κ3) is 7.11. The van der Waals surface area contributed by atoms with Crippen molar-refractivity contribution in [2.75, 3.05) is 6.54 Å². The Kier molecular flexibility index (Phi) is 8.98. The van der Waals surface area contributed by atoms with E-state index in [1.165, 1.54) is 6.21 Å². The zero-order chi connectivity index (χ0) is 23.8. The number of nitrogens with zero attached hydrogens (tertiary/aromatic N) is 1. The van der Waals surface area contributed by atoms with Crippen LogP contribution in [0.3, 0.4) is 0 Å². The first-order valence-corrected chi connectivity index (χ1v) is 11.7. The first-order chi connectivity index (χ1) is 15.8. The van der Waals surface area contributed by atoms with Crippen LogP contribution >= 0.6 is 50.1 Å². The lowest BCUT2D eigenvalue weighted by molar-refractivity contribution is -0.120. The molecular formula is C23H16BrClIN3O4. The number of hydrogen-bond donors (Lipinski definition) is 2. The highest BCUT2D eigenvalue weighted by Gasteiger charge is 2.15. The predicted molar refractivity (Wildman–Crippen MR) is 138 cm³/mol. The molecule has 0 fully saturated rings. The summed E-state index contributed by atoms with van der Waals surface area (Å²) < 4.78 is 6.96. The Bertz CT molecular complexity index is 1240. The van der Waals surface area contributed by atoms with Crippen molar-refractivity contribution in [1.82, 2.24) is 10.7 Å². The van der Waals surface area contributed by atoms with Gasteiger partial charge in [0.2, 0.25) is 0 Å². The maximum Gasteiger partial charge on any atom is 0.345 e. The third-order valence-electron chi connectivity index (χ3n) is 4.19. The Morgan fingerprint density at radius 2 is 1.73 bits per heavy atom. The topological polar surface area (TPSA) is 96.9 Å². The molecule has 10 heteroatoms. The van der Waals surface area contributed by atoms with Crippen LogP contribution in [0.25, 0.3) is 0 Å². The molecular weight excluding hydrogens is 625 g/mol. The van der Waals surface area contributed by atoms with Crippen LogP contribution in [0, 0.1) is 3.57 Å². The van der Waals surface area contributed by atoms with Gasteiger partial charge in [0.1, 0.15) is 5.75 Å². The molecule has 3 aromatic rings. The van der Waals surface area contributed by atoms with Gasteiger partial charge in [0, 0.05) is 13.6 Å². The standard InChI is InChI=1S/C23H16BrClIN3O4/c24-15-9-10-20(33-23(32)16-5-1-3-7-18(16)25)14(11-15)12-28-29-21(30)13-27-22(31)17-6-2-4-8-19(17)26/h1-12H,13H2,(H,27,31)(H,29,30). The summed E-state index contributed by atoms with van der Waals surface area (Å²) >= 11 is 11.5. The number of nitrogens with one attached hydrogen (secondary N) is 2. The third-order valence-corrected chi connectivity index (χ3v) is 5.95. The van der Waals surface area contributed by atoms with E-state index in [-0.39, 0.29) is 28.8 Å². The average Bonchev–Trinajstić information content (AvgIpc) is 2.79.